The molecule has 32 heavy (non-hydrogen) atoms. The summed E-state index contributed by atoms with van der Waals surface area (Å²) in [7, 11) is 2.02. The number of halogens is 1. The van der Waals surface area contributed by atoms with E-state index in [2.05, 4.69) is 19.8 Å². The molecular formula is C25H27FN4O2. The number of hydrogen-bond acceptors (Lipinski definition) is 5. The summed E-state index contributed by atoms with van der Waals surface area (Å²) in [5.41, 5.74) is 2.68. The second-order valence-corrected chi connectivity index (χ2v) is 8.10. The molecule has 0 radical (unpaired) electrons. The van der Waals surface area contributed by atoms with Gasteiger partial charge < -0.3 is 14.9 Å². The summed E-state index contributed by atoms with van der Waals surface area (Å²) in [4.78, 5) is 25.0. The molecule has 4 rings (SSSR count). The average molecular weight is 435 g/mol. The van der Waals surface area contributed by atoms with Crippen molar-refractivity contribution in [3.63, 3.8) is 0 Å². The number of aromatic nitrogens is 2. The number of carboxylic acids is 1. The molecule has 1 unspecified atom stereocenters. The zero-order valence-corrected chi connectivity index (χ0v) is 18.1. The molecule has 166 valence electrons. The molecule has 7 heteroatoms. The van der Waals surface area contributed by atoms with E-state index < -0.39 is 5.97 Å². The normalized spacial score (nSPS) is 15.7. The predicted octanol–water partition coefficient (Wildman–Crippen LogP) is 4.72. The van der Waals surface area contributed by atoms with Crippen LogP contribution in [-0.4, -0.2) is 41.2 Å². The van der Waals surface area contributed by atoms with Crippen LogP contribution in [0, 0.1) is 5.82 Å². The molecule has 1 aliphatic rings. The molecule has 1 atom stereocenters. The first kappa shape index (κ1) is 21.7. The summed E-state index contributed by atoms with van der Waals surface area (Å²) in [5, 5.41) is 9.62. The molecule has 0 bridgehead atoms. The highest BCUT2D eigenvalue weighted by Crippen LogP contribution is 2.35. The van der Waals surface area contributed by atoms with E-state index in [1.54, 1.807) is 12.1 Å². The van der Waals surface area contributed by atoms with Crippen molar-refractivity contribution in [3.8, 4) is 0 Å². The number of aryl methyl sites for hydroxylation is 1. The van der Waals surface area contributed by atoms with Crippen LogP contribution in [0.25, 0.3) is 0 Å². The van der Waals surface area contributed by atoms with Crippen LogP contribution in [-0.2, 0) is 6.42 Å². The number of rotatable bonds is 8. The minimum Gasteiger partial charge on any atom is -0.478 e. The van der Waals surface area contributed by atoms with Gasteiger partial charge in [0.15, 0.2) is 0 Å². The van der Waals surface area contributed by atoms with Crippen LogP contribution in [0.3, 0.4) is 0 Å². The molecular weight excluding hydrogens is 407 g/mol. The van der Waals surface area contributed by atoms with Crippen molar-refractivity contribution in [3.05, 3.63) is 83.4 Å². The van der Waals surface area contributed by atoms with Crippen LogP contribution in [0.4, 0.5) is 16.0 Å². The summed E-state index contributed by atoms with van der Waals surface area (Å²) in [5.74, 6) is -0.779. The number of nitrogens with zero attached hydrogens (tertiary/aromatic N) is 4. The Morgan fingerprint density at radius 2 is 2.03 bits per heavy atom. The fourth-order valence-corrected chi connectivity index (χ4v) is 4.28. The second-order valence-electron chi connectivity index (χ2n) is 8.10. The Hall–Kier alpha value is -3.48. The van der Waals surface area contributed by atoms with Crippen LogP contribution in [0.5, 0.6) is 0 Å². The number of aromatic carboxylic acids is 1. The molecule has 0 aliphatic carbocycles. The van der Waals surface area contributed by atoms with Crippen LogP contribution in [0.1, 0.15) is 46.9 Å². The number of benzene rings is 2. The van der Waals surface area contributed by atoms with Gasteiger partial charge in [0.1, 0.15) is 5.82 Å². The summed E-state index contributed by atoms with van der Waals surface area (Å²) >= 11 is 0. The number of carbonyl (C=O) groups is 1. The molecule has 6 nitrogen and oxygen atoms in total. The first-order valence-corrected chi connectivity index (χ1v) is 10.9. The van der Waals surface area contributed by atoms with Crippen molar-refractivity contribution in [1.29, 1.82) is 0 Å². The largest absolute Gasteiger partial charge is 0.478 e. The molecule has 1 N–H and O–H groups in total. The fraction of sp³-hybridized carbons (Fsp3) is 0.320. The Bertz CT molecular complexity index is 1080. The van der Waals surface area contributed by atoms with E-state index in [4.69, 9.17) is 0 Å². The van der Waals surface area contributed by atoms with Crippen LogP contribution >= 0.6 is 0 Å². The third kappa shape index (κ3) is 4.88. The highest BCUT2D eigenvalue weighted by molar-refractivity contribution is 5.88. The standard InChI is InChI=1S/C25H27FN4O2/c1-29(20-10-3-2-4-11-20)14-6-12-22-21(24(31)32)17-27-25(28-22)30-15-7-13-23(30)18-8-5-9-19(26)16-18/h2-5,8-11,16-17,23H,6-7,12-15H2,1H3,(H,31,32). The van der Waals surface area contributed by atoms with Gasteiger partial charge in [-0.15, -0.1) is 0 Å². The van der Waals surface area contributed by atoms with E-state index in [-0.39, 0.29) is 17.4 Å². The van der Waals surface area contributed by atoms with Gasteiger partial charge in [-0.2, -0.15) is 0 Å². The van der Waals surface area contributed by atoms with E-state index >= 15 is 0 Å². The minimum absolute atomic E-state index is 0.0153. The summed E-state index contributed by atoms with van der Waals surface area (Å²) in [6, 6.07) is 16.7. The van der Waals surface area contributed by atoms with Crippen molar-refractivity contribution >= 4 is 17.6 Å². The molecule has 1 saturated heterocycles. The molecule has 1 aromatic heterocycles. The number of para-hydroxylation sites is 1. The van der Waals surface area contributed by atoms with Crippen LogP contribution in [0.2, 0.25) is 0 Å². The number of hydrogen-bond donors (Lipinski definition) is 1. The zero-order chi connectivity index (χ0) is 22.5. The van der Waals surface area contributed by atoms with Gasteiger partial charge in [-0.05, 0) is 55.5 Å². The van der Waals surface area contributed by atoms with Crippen LogP contribution in [0.15, 0.2) is 60.8 Å². The van der Waals surface area contributed by atoms with Crippen molar-refractivity contribution < 1.29 is 14.3 Å². The summed E-state index contributed by atoms with van der Waals surface area (Å²) in [6.45, 7) is 1.53. The topological polar surface area (TPSA) is 69.6 Å². The summed E-state index contributed by atoms with van der Waals surface area (Å²) < 4.78 is 13.8. The minimum atomic E-state index is -1.02. The lowest BCUT2D eigenvalue weighted by atomic mass is 10.0. The Balaban J connectivity index is 1.52. The zero-order valence-electron chi connectivity index (χ0n) is 18.1. The number of anilines is 2. The van der Waals surface area contributed by atoms with Crippen molar-refractivity contribution in [2.75, 3.05) is 29.9 Å². The first-order chi connectivity index (χ1) is 15.5. The van der Waals surface area contributed by atoms with E-state index in [1.807, 2.05) is 43.4 Å². The maximum absolute atomic E-state index is 13.8. The van der Waals surface area contributed by atoms with Gasteiger partial charge in [-0.1, -0.05) is 30.3 Å². The smallest absolute Gasteiger partial charge is 0.339 e. The van der Waals surface area contributed by atoms with E-state index in [0.29, 0.717) is 18.1 Å². The second kappa shape index (κ2) is 9.77. The van der Waals surface area contributed by atoms with Crippen molar-refractivity contribution in [1.82, 2.24) is 9.97 Å². The molecule has 1 fully saturated rings. The maximum Gasteiger partial charge on any atom is 0.339 e. The highest BCUT2D eigenvalue weighted by atomic mass is 19.1. The molecule has 2 heterocycles. The average Bonchev–Trinajstić information content (AvgIpc) is 3.29. The lowest BCUT2D eigenvalue weighted by Gasteiger charge is -2.26. The third-order valence-electron chi connectivity index (χ3n) is 5.93. The molecule has 3 aromatic rings. The van der Waals surface area contributed by atoms with Crippen molar-refractivity contribution in [2.24, 2.45) is 0 Å². The van der Waals surface area contributed by atoms with E-state index in [0.717, 1.165) is 43.6 Å². The van der Waals surface area contributed by atoms with Gasteiger partial charge in [-0.25, -0.2) is 19.2 Å². The van der Waals surface area contributed by atoms with Gasteiger partial charge in [0, 0.05) is 32.0 Å². The van der Waals surface area contributed by atoms with E-state index in [9.17, 15) is 14.3 Å². The Labute approximate surface area is 187 Å². The predicted molar refractivity (Wildman–Crippen MR) is 123 cm³/mol. The Kier molecular flexibility index (Phi) is 6.63. The Morgan fingerprint density at radius 3 is 2.78 bits per heavy atom. The van der Waals surface area contributed by atoms with Gasteiger partial charge in [0.2, 0.25) is 5.95 Å². The molecule has 0 spiro atoms. The molecule has 1 aliphatic heterocycles. The quantitative estimate of drug-likeness (QED) is 0.553. The van der Waals surface area contributed by atoms with Gasteiger partial charge in [-0.3, -0.25) is 0 Å². The number of carboxylic acid groups (broad SMARTS) is 1. The monoisotopic (exact) mass is 434 g/mol. The molecule has 0 saturated carbocycles. The fourth-order valence-electron chi connectivity index (χ4n) is 4.28. The SMILES string of the molecule is CN(CCCc1nc(N2CCCC2c2cccc(F)c2)ncc1C(=O)O)c1ccccc1. The first-order valence-electron chi connectivity index (χ1n) is 10.9. The lowest BCUT2D eigenvalue weighted by molar-refractivity contribution is 0.0694. The van der Waals surface area contributed by atoms with Crippen molar-refractivity contribution in [2.45, 2.75) is 31.7 Å². The van der Waals surface area contributed by atoms with Gasteiger partial charge >= 0.3 is 5.97 Å². The maximum atomic E-state index is 13.8. The lowest BCUT2D eigenvalue weighted by Crippen LogP contribution is -2.26. The van der Waals surface area contributed by atoms with Crippen LogP contribution < -0.4 is 9.80 Å². The van der Waals surface area contributed by atoms with E-state index in [1.165, 1.54) is 12.3 Å². The van der Waals surface area contributed by atoms with Gasteiger partial charge in [0.05, 0.1) is 17.3 Å². The van der Waals surface area contributed by atoms with Gasteiger partial charge in [0.25, 0.3) is 0 Å². The third-order valence-corrected chi connectivity index (χ3v) is 5.93. The highest BCUT2D eigenvalue weighted by Gasteiger charge is 2.29. The summed E-state index contributed by atoms with van der Waals surface area (Å²) in [6.07, 6.45) is 4.53. The molecule has 2 aromatic carbocycles. The molecule has 0 amide bonds. The Morgan fingerprint density at radius 1 is 1.22 bits per heavy atom.